The number of aromatic nitrogens is 5. The Bertz CT molecular complexity index is 1530. The summed E-state index contributed by atoms with van der Waals surface area (Å²) in [5.74, 6) is 0.575. The Hall–Kier alpha value is -4.80. The standard InChI is InChI=1S/C32H38N8O3/c1-22(2)29-30-34-23(3)37-40(30)20-19-38(32(43)25-12-14-26(15-13-25)39-18-8-16-33-39)17-7-11-28(41)35-27(31(42)36-29)21-24-9-5-4-6-10-24/h4-6,8-10,12-16,18,22,27,29H,7,11,17,19-21H2,1-3H3,(H,35,41)(H,36,42)/t27-,29+/m0/s1. The van der Waals surface area contributed by atoms with Gasteiger partial charge >= 0.3 is 0 Å². The van der Waals surface area contributed by atoms with E-state index >= 15 is 0 Å². The van der Waals surface area contributed by atoms with Gasteiger partial charge in [0, 0.05) is 43.9 Å². The lowest BCUT2D eigenvalue weighted by molar-refractivity contribution is -0.129. The van der Waals surface area contributed by atoms with E-state index in [1.165, 1.54) is 0 Å². The number of rotatable bonds is 5. The molecule has 2 aromatic carbocycles. The molecule has 0 aliphatic carbocycles. The van der Waals surface area contributed by atoms with Crippen LogP contribution in [0, 0.1) is 12.8 Å². The fourth-order valence-electron chi connectivity index (χ4n) is 5.30. The number of carbonyl (C=O) groups is 3. The Kier molecular flexibility index (Phi) is 9.29. The summed E-state index contributed by atoms with van der Waals surface area (Å²) in [6, 6.07) is 17.6. The lowest BCUT2D eigenvalue weighted by Crippen LogP contribution is -2.50. The van der Waals surface area contributed by atoms with E-state index in [1.807, 2.05) is 75.5 Å². The van der Waals surface area contributed by atoms with Crippen molar-refractivity contribution in [1.82, 2.24) is 40.1 Å². The van der Waals surface area contributed by atoms with E-state index in [-0.39, 0.29) is 30.1 Å². The third-order valence-corrected chi connectivity index (χ3v) is 7.57. The van der Waals surface area contributed by atoms with Gasteiger partial charge in [-0.2, -0.15) is 10.2 Å². The van der Waals surface area contributed by atoms with E-state index < -0.39 is 12.1 Å². The van der Waals surface area contributed by atoms with Gasteiger partial charge in [-0.3, -0.25) is 14.4 Å². The van der Waals surface area contributed by atoms with Gasteiger partial charge in [0.1, 0.15) is 17.7 Å². The van der Waals surface area contributed by atoms with Crippen LogP contribution in [-0.2, 0) is 22.6 Å². The van der Waals surface area contributed by atoms with Gasteiger partial charge in [-0.15, -0.1) is 0 Å². The minimum Gasteiger partial charge on any atom is -0.344 e. The monoisotopic (exact) mass is 582 g/mol. The van der Waals surface area contributed by atoms with Gasteiger partial charge in [0.2, 0.25) is 11.8 Å². The third kappa shape index (κ3) is 7.35. The smallest absolute Gasteiger partial charge is 0.253 e. The highest BCUT2D eigenvalue weighted by molar-refractivity contribution is 5.94. The van der Waals surface area contributed by atoms with Crippen molar-refractivity contribution in [2.45, 2.75) is 58.7 Å². The van der Waals surface area contributed by atoms with Crippen LogP contribution >= 0.6 is 0 Å². The van der Waals surface area contributed by atoms with Crippen LogP contribution in [0.1, 0.15) is 60.3 Å². The number of fused-ring (bicyclic) bond motifs is 1. The topological polar surface area (TPSA) is 127 Å². The van der Waals surface area contributed by atoms with Gasteiger partial charge in [0.15, 0.2) is 0 Å². The molecule has 224 valence electrons. The fraction of sp³-hybridized carbons (Fsp3) is 0.375. The second-order valence-electron chi connectivity index (χ2n) is 11.2. The number of amides is 3. The number of aryl methyl sites for hydroxylation is 1. The molecular formula is C32H38N8O3. The lowest BCUT2D eigenvalue weighted by atomic mass is 10.0. The van der Waals surface area contributed by atoms with E-state index in [4.69, 9.17) is 0 Å². The molecule has 0 bridgehead atoms. The molecule has 2 N–H and O–H groups in total. The van der Waals surface area contributed by atoms with Crippen molar-refractivity contribution in [3.63, 3.8) is 0 Å². The molecule has 0 saturated heterocycles. The highest BCUT2D eigenvalue weighted by atomic mass is 16.2. The SMILES string of the molecule is Cc1nc2n(n1)CCN(C(=O)c1ccc(-n3cccn3)cc1)CCCC(=O)N[C@@H](Cc1ccccc1)C(=O)N[C@@H]2C(C)C. The van der Waals surface area contributed by atoms with Crippen molar-refractivity contribution in [2.75, 3.05) is 13.1 Å². The van der Waals surface area contributed by atoms with Crippen molar-refractivity contribution in [3.8, 4) is 5.69 Å². The van der Waals surface area contributed by atoms with Crippen LogP contribution in [0.5, 0.6) is 0 Å². The zero-order valence-corrected chi connectivity index (χ0v) is 24.8. The van der Waals surface area contributed by atoms with Crippen molar-refractivity contribution < 1.29 is 14.4 Å². The Labute approximate surface area is 251 Å². The molecule has 3 heterocycles. The minimum atomic E-state index is -0.761. The Balaban J connectivity index is 1.42. The molecule has 11 heteroatoms. The molecule has 4 aromatic rings. The molecule has 0 spiro atoms. The van der Waals surface area contributed by atoms with Gasteiger partial charge in [0.25, 0.3) is 5.91 Å². The zero-order chi connectivity index (χ0) is 30.3. The average molecular weight is 583 g/mol. The molecule has 0 fully saturated rings. The Morgan fingerprint density at radius 1 is 0.977 bits per heavy atom. The molecule has 2 aromatic heterocycles. The second kappa shape index (κ2) is 13.5. The summed E-state index contributed by atoms with van der Waals surface area (Å²) in [5.41, 5.74) is 2.35. The van der Waals surface area contributed by atoms with Crippen molar-refractivity contribution in [2.24, 2.45) is 5.92 Å². The first-order valence-electron chi connectivity index (χ1n) is 14.7. The van der Waals surface area contributed by atoms with Gasteiger partial charge in [-0.25, -0.2) is 14.3 Å². The van der Waals surface area contributed by atoms with Gasteiger partial charge in [-0.05, 0) is 55.2 Å². The average Bonchev–Trinajstić information content (AvgIpc) is 3.67. The molecule has 5 rings (SSSR count). The van der Waals surface area contributed by atoms with E-state index in [0.29, 0.717) is 49.7 Å². The number of carbonyl (C=O) groups excluding carboxylic acids is 3. The second-order valence-corrected chi connectivity index (χ2v) is 11.2. The maximum atomic E-state index is 13.7. The summed E-state index contributed by atoms with van der Waals surface area (Å²) in [6.45, 7) is 6.97. The first-order chi connectivity index (χ1) is 20.8. The van der Waals surface area contributed by atoms with Crippen molar-refractivity contribution >= 4 is 17.7 Å². The largest absolute Gasteiger partial charge is 0.344 e. The lowest BCUT2D eigenvalue weighted by Gasteiger charge is -2.28. The normalized spacial score (nSPS) is 18.5. The first kappa shape index (κ1) is 29.7. The van der Waals surface area contributed by atoms with Crippen LogP contribution in [-0.4, -0.2) is 66.3 Å². The third-order valence-electron chi connectivity index (χ3n) is 7.57. The molecule has 2 atom stereocenters. The van der Waals surface area contributed by atoms with E-state index in [9.17, 15) is 14.4 Å². The quantitative estimate of drug-likeness (QED) is 0.372. The molecule has 0 saturated carbocycles. The predicted octanol–water partition coefficient (Wildman–Crippen LogP) is 3.25. The Morgan fingerprint density at radius 3 is 2.44 bits per heavy atom. The fourth-order valence-corrected chi connectivity index (χ4v) is 5.30. The molecule has 3 amide bonds. The van der Waals surface area contributed by atoms with E-state index in [1.54, 1.807) is 32.6 Å². The van der Waals surface area contributed by atoms with Crippen LogP contribution in [0.4, 0.5) is 0 Å². The van der Waals surface area contributed by atoms with Crippen LogP contribution in [0.3, 0.4) is 0 Å². The van der Waals surface area contributed by atoms with Gasteiger partial charge in [0.05, 0.1) is 18.3 Å². The summed E-state index contributed by atoms with van der Waals surface area (Å²) >= 11 is 0. The Morgan fingerprint density at radius 2 is 1.74 bits per heavy atom. The first-order valence-corrected chi connectivity index (χ1v) is 14.7. The van der Waals surface area contributed by atoms with Crippen molar-refractivity contribution in [3.05, 3.63) is 95.8 Å². The van der Waals surface area contributed by atoms with Crippen LogP contribution in [0.25, 0.3) is 5.69 Å². The maximum Gasteiger partial charge on any atom is 0.253 e. The number of nitrogens with one attached hydrogen (secondary N) is 2. The molecular weight excluding hydrogens is 544 g/mol. The summed E-state index contributed by atoms with van der Waals surface area (Å²) in [5, 5.41) is 15.0. The summed E-state index contributed by atoms with van der Waals surface area (Å²) in [7, 11) is 0. The summed E-state index contributed by atoms with van der Waals surface area (Å²) < 4.78 is 3.52. The summed E-state index contributed by atoms with van der Waals surface area (Å²) in [4.78, 5) is 46.9. The number of nitrogens with zero attached hydrogens (tertiary/aromatic N) is 6. The van der Waals surface area contributed by atoms with Crippen LogP contribution < -0.4 is 10.6 Å². The van der Waals surface area contributed by atoms with E-state index in [2.05, 4.69) is 25.8 Å². The molecule has 1 aliphatic heterocycles. The molecule has 1 aliphatic rings. The predicted molar refractivity (Wildman–Crippen MR) is 161 cm³/mol. The maximum absolute atomic E-state index is 13.7. The van der Waals surface area contributed by atoms with E-state index in [0.717, 1.165) is 11.3 Å². The highest BCUT2D eigenvalue weighted by Crippen LogP contribution is 2.22. The molecule has 0 unspecified atom stereocenters. The highest BCUT2D eigenvalue weighted by Gasteiger charge is 2.30. The number of hydrogen-bond donors (Lipinski definition) is 2. The van der Waals surface area contributed by atoms with Crippen LogP contribution in [0.15, 0.2) is 73.1 Å². The van der Waals surface area contributed by atoms with Gasteiger partial charge < -0.3 is 15.5 Å². The molecule has 0 radical (unpaired) electrons. The van der Waals surface area contributed by atoms with Crippen LogP contribution in [0.2, 0.25) is 0 Å². The van der Waals surface area contributed by atoms with Crippen molar-refractivity contribution in [1.29, 1.82) is 0 Å². The molecule has 43 heavy (non-hydrogen) atoms. The zero-order valence-electron chi connectivity index (χ0n) is 24.8. The number of hydrogen-bond acceptors (Lipinski definition) is 6. The summed E-state index contributed by atoms with van der Waals surface area (Å²) in [6.07, 6.45) is 4.53. The molecule has 11 nitrogen and oxygen atoms in total. The number of benzene rings is 2. The minimum absolute atomic E-state index is 0.00156. The van der Waals surface area contributed by atoms with Gasteiger partial charge in [-0.1, -0.05) is 44.2 Å².